The molecule has 0 unspecified atom stereocenters. The van der Waals surface area contributed by atoms with E-state index in [0.717, 1.165) is 43.6 Å². The molecule has 28 heavy (non-hydrogen) atoms. The monoisotopic (exact) mass is 373 g/mol. The summed E-state index contributed by atoms with van der Waals surface area (Å²) in [6.45, 7) is 4.96. The van der Waals surface area contributed by atoms with E-state index in [9.17, 15) is 4.79 Å². The van der Waals surface area contributed by atoms with Gasteiger partial charge in [-0.2, -0.15) is 0 Å². The molecule has 0 bridgehead atoms. The van der Waals surface area contributed by atoms with E-state index in [4.69, 9.17) is 4.98 Å². The minimum absolute atomic E-state index is 0.105. The van der Waals surface area contributed by atoms with Gasteiger partial charge in [-0.15, -0.1) is 0 Å². The molecule has 1 heterocycles. The summed E-state index contributed by atoms with van der Waals surface area (Å²) in [7, 11) is 0. The fourth-order valence-corrected chi connectivity index (χ4v) is 3.25. The molecule has 3 aromatic rings. The summed E-state index contributed by atoms with van der Waals surface area (Å²) in [6, 6.07) is 18.6. The number of benzene rings is 2. The number of para-hydroxylation sites is 2. The molecule has 144 valence electrons. The SMILES string of the molecule is C=CC(=O)NCCCCCc1nc2ccccc2n1C/C=C/c1ccccc1. The zero-order chi connectivity index (χ0) is 19.6. The number of amides is 1. The summed E-state index contributed by atoms with van der Waals surface area (Å²) in [5.74, 6) is 1.01. The fraction of sp³-hybridized carbons (Fsp3) is 0.250. The van der Waals surface area contributed by atoms with E-state index in [1.165, 1.54) is 17.2 Å². The molecule has 0 aliphatic heterocycles. The molecular formula is C24H27N3O. The highest BCUT2D eigenvalue weighted by Gasteiger charge is 2.09. The van der Waals surface area contributed by atoms with Crippen molar-refractivity contribution in [1.29, 1.82) is 0 Å². The van der Waals surface area contributed by atoms with E-state index >= 15 is 0 Å². The Morgan fingerprint density at radius 1 is 1.04 bits per heavy atom. The van der Waals surface area contributed by atoms with Gasteiger partial charge in [0.2, 0.25) is 5.91 Å². The van der Waals surface area contributed by atoms with Crippen molar-refractivity contribution in [3.05, 3.63) is 84.7 Å². The van der Waals surface area contributed by atoms with Crippen molar-refractivity contribution in [1.82, 2.24) is 14.9 Å². The van der Waals surface area contributed by atoms with Gasteiger partial charge in [0.15, 0.2) is 0 Å². The Bertz CT molecular complexity index is 941. The number of aryl methyl sites for hydroxylation is 1. The van der Waals surface area contributed by atoms with Gasteiger partial charge < -0.3 is 9.88 Å². The maximum Gasteiger partial charge on any atom is 0.243 e. The molecule has 0 radical (unpaired) electrons. The highest BCUT2D eigenvalue weighted by Crippen LogP contribution is 2.18. The number of hydrogen-bond donors (Lipinski definition) is 1. The number of aromatic nitrogens is 2. The first-order valence-electron chi connectivity index (χ1n) is 9.84. The maximum absolute atomic E-state index is 11.2. The lowest BCUT2D eigenvalue weighted by atomic mass is 10.2. The van der Waals surface area contributed by atoms with Crippen LogP contribution in [0, 0.1) is 0 Å². The van der Waals surface area contributed by atoms with E-state index in [-0.39, 0.29) is 5.91 Å². The predicted octanol–water partition coefficient (Wildman–Crippen LogP) is 4.76. The van der Waals surface area contributed by atoms with Crippen molar-refractivity contribution in [2.24, 2.45) is 0 Å². The van der Waals surface area contributed by atoms with Gasteiger partial charge in [-0.3, -0.25) is 4.79 Å². The van der Waals surface area contributed by atoms with Crippen LogP contribution < -0.4 is 5.32 Å². The zero-order valence-electron chi connectivity index (χ0n) is 16.2. The van der Waals surface area contributed by atoms with Crippen LogP contribution in [0.25, 0.3) is 17.1 Å². The van der Waals surface area contributed by atoms with Crippen molar-refractivity contribution in [3.8, 4) is 0 Å². The number of carbonyl (C=O) groups is 1. The van der Waals surface area contributed by atoms with E-state index in [1.54, 1.807) is 0 Å². The number of imidazole rings is 1. The van der Waals surface area contributed by atoms with Crippen LogP contribution in [-0.4, -0.2) is 22.0 Å². The van der Waals surface area contributed by atoms with E-state index in [1.807, 2.05) is 12.1 Å². The molecule has 2 aromatic carbocycles. The summed E-state index contributed by atoms with van der Waals surface area (Å²) < 4.78 is 2.30. The topological polar surface area (TPSA) is 46.9 Å². The number of carbonyl (C=O) groups excluding carboxylic acids is 1. The molecule has 0 fully saturated rings. The second kappa shape index (κ2) is 10.3. The largest absolute Gasteiger partial charge is 0.353 e. The fourth-order valence-electron chi connectivity index (χ4n) is 3.25. The van der Waals surface area contributed by atoms with Crippen molar-refractivity contribution in [2.45, 2.75) is 32.2 Å². The van der Waals surface area contributed by atoms with Crippen LogP contribution in [0.4, 0.5) is 0 Å². The third-order valence-corrected chi connectivity index (χ3v) is 4.69. The van der Waals surface area contributed by atoms with Crippen LogP contribution in [0.2, 0.25) is 0 Å². The second-order valence-electron chi connectivity index (χ2n) is 6.75. The average molecular weight is 374 g/mol. The van der Waals surface area contributed by atoms with Gasteiger partial charge in [0.1, 0.15) is 5.82 Å². The Labute approximate surface area is 166 Å². The molecule has 0 saturated carbocycles. The van der Waals surface area contributed by atoms with Crippen LogP contribution in [0.15, 0.2) is 73.3 Å². The summed E-state index contributed by atoms with van der Waals surface area (Å²) in [5, 5.41) is 2.82. The predicted molar refractivity (Wildman–Crippen MR) is 116 cm³/mol. The van der Waals surface area contributed by atoms with Crippen LogP contribution in [0.3, 0.4) is 0 Å². The number of unbranched alkanes of at least 4 members (excludes halogenated alkanes) is 2. The summed E-state index contributed by atoms with van der Waals surface area (Å²) in [4.78, 5) is 16.0. The molecule has 0 atom stereocenters. The molecule has 4 heteroatoms. The molecule has 1 N–H and O–H groups in total. The number of nitrogens with zero attached hydrogens (tertiary/aromatic N) is 2. The normalized spacial score (nSPS) is 11.1. The van der Waals surface area contributed by atoms with Crippen molar-refractivity contribution in [3.63, 3.8) is 0 Å². The lowest BCUT2D eigenvalue weighted by Gasteiger charge is -2.07. The second-order valence-corrected chi connectivity index (χ2v) is 6.75. The van der Waals surface area contributed by atoms with Gasteiger partial charge >= 0.3 is 0 Å². The lowest BCUT2D eigenvalue weighted by molar-refractivity contribution is -0.116. The Balaban J connectivity index is 1.61. The number of rotatable bonds is 10. The molecular weight excluding hydrogens is 346 g/mol. The van der Waals surface area contributed by atoms with Gasteiger partial charge in [0.25, 0.3) is 0 Å². The Kier molecular flexibility index (Phi) is 7.19. The van der Waals surface area contributed by atoms with Gasteiger partial charge in [0.05, 0.1) is 11.0 Å². The molecule has 3 rings (SSSR count). The van der Waals surface area contributed by atoms with Crippen LogP contribution in [0.1, 0.15) is 30.7 Å². The van der Waals surface area contributed by atoms with Crippen molar-refractivity contribution in [2.75, 3.05) is 6.54 Å². The zero-order valence-corrected chi connectivity index (χ0v) is 16.2. The molecule has 0 saturated heterocycles. The molecule has 0 spiro atoms. The van der Waals surface area contributed by atoms with Gasteiger partial charge in [-0.05, 0) is 36.6 Å². The standard InChI is InChI=1S/C24H27N3O/c1-2-24(28)25-18-10-4-7-17-23-26-21-15-8-9-16-22(21)27(23)19-11-14-20-12-5-3-6-13-20/h2-3,5-6,8-9,11-16H,1,4,7,10,17-19H2,(H,25,28)/b14-11+. The number of fused-ring (bicyclic) bond motifs is 1. The number of hydrogen-bond acceptors (Lipinski definition) is 2. The quantitative estimate of drug-likeness (QED) is 0.411. The molecule has 1 aromatic heterocycles. The Morgan fingerprint density at radius 2 is 1.82 bits per heavy atom. The minimum atomic E-state index is -0.105. The first kappa shape index (κ1) is 19.6. The van der Waals surface area contributed by atoms with E-state index in [0.29, 0.717) is 6.54 Å². The Morgan fingerprint density at radius 3 is 2.64 bits per heavy atom. The van der Waals surface area contributed by atoms with Crippen LogP contribution >= 0.6 is 0 Å². The third kappa shape index (κ3) is 5.43. The van der Waals surface area contributed by atoms with Crippen molar-refractivity contribution < 1.29 is 4.79 Å². The van der Waals surface area contributed by atoms with Crippen LogP contribution in [-0.2, 0) is 17.8 Å². The third-order valence-electron chi connectivity index (χ3n) is 4.69. The van der Waals surface area contributed by atoms with E-state index < -0.39 is 0 Å². The first-order chi connectivity index (χ1) is 13.8. The Hall–Kier alpha value is -3.14. The highest BCUT2D eigenvalue weighted by atomic mass is 16.1. The molecule has 4 nitrogen and oxygen atoms in total. The van der Waals surface area contributed by atoms with Gasteiger partial charge in [-0.1, -0.05) is 67.6 Å². The average Bonchev–Trinajstić information content (AvgIpc) is 3.08. The van der Waals surface area contributed by atoms with Crippen LogP contribution in [0.5, 0.6) is 0 Å². The van der Waals surface area contributed by atoms with Gasteiger partial charge in [0, 0.05) is 19.5 Å². The summed E-state index contributed by atoms with van der Waals surface area (Å²) >= 11 is 0. The smallest absolute Gasteiger partial charge is 0.243 e. The van der Waals surface area contributed by atoms with Gasteiger partial charge in [-0.25, -0.2) is 4.98 Å². The number of allylic oxidation sites excluding steroid dienone is 1. The minimum Gasteiger partial charge on any atom is -0.353 e. The molecule has 0 aliphatic carbocycles. The lowest BCUT2D eigenvalue weighted by Crippen LogP contribution is -2.21. The van der Waals surface area contributed by atoms with E-state index in [2.05, 4.69) is 71.1 Å². The van der Waals surface area contributed by atoms with Crippen molar-refractivity contribution >= 4 is 23.0 Å². The first-order valence-corrected chi connectivity index (χ1v) is 9.84. The number of nitrogens with one attached hydrogen (secondary N) is 1. The maximum atomic E-state index is 11.2. The molecule has 0 aliphatic rings. The summed E-state index contributed by atoms with van der Waals surface area (Å²) in [6.07, 6.45) is 9.66. The molecule has 1 amide bonds. The highest BCUT2D eigenvalue weighted by molar-refractivity contribution is 5.86. The summed E-state index contributed by atoms with van der Waals surface area (Å²) in [5.41, 5.74) is 3.42.